The number of aromatic nitrogens is 2. The van der Waals surface area contributed by atoms with Gasteiger partial charge in [0.25, 0.3) is 0 Å². The summed E-state index contributed by atoms with van der Waals surface area (Å²) in [6.45, 7) is 4.15. The fourth-order valence-corrected chi connectivity index (χ4v) is 1.81. The number of nitrogens with zero attached hydrogens (tertiary/aromatic N) is 2. The van der Waals surface area contributed by atoms with Crippen molar-refractivity contribution in [1.29, 1.82) is 0 Å². The van der Waals surface area contributed by atoms with Crippen LogP contribution >= 0.6 is 0 Å². The van der Waals surface area contributed by atoms with Crippen LogP contribution in [0, 0.1) is 0 Å². The van der Waals surface area contributed by atoms with Crippen LogP contribution < -0.4 is 0 Å². The van der Waals surface area contributed by atoms with Gasteiger partial charge in [-0.2, -0.15) is 0 Å². The summed E-state index contributed by atoms with van der Waals surface area (Å²) in [4.78, 5) is 15.9. The maximum atomic E-state index is 11.6. The van der Waals surface area contributed by atoms with Gasteiger partial charge in [-0.15, -0.1) is 0 Å². The summed E-state index contributed by atoms with van der Waals surface area (Å²) < 4.78 is 1.98. The van der Waals surface area contributed by atoms with Crippen LogP contribution in [0.1, 0.15) is 48.9 Å². The molecule has 0 fully saturated rings. The average Bonchev–Trinajstić information content (AvgIpc) is 2.49. The van der Waals surface area contributed by atoms with Gasteiger partial charge in [-0.3, -0.25) is 4.79 Å². The zero-order valence-electron chi connectivity index (χ0n) is 8.08. The zero-order valence-corrected chi connectivity index (χ0v) is 8.08. The van der Waals surface area contributed by atoms with E-state index in [2.05, 4.69) is 18.8 Å². The third-order valence-electron chi connectivity index (χ3n) is 2.51. The van der Waals surface area contributed by atoms with Gasteiger partial charge in [0.05, 0.1) is 12.0 Å². The van der Waals surface area contributed by atoms with E-state index in [9.17, 15) is 4.79 Å². The normalized spacial score (nSPS) is 16.4. The molecule has 1 heterocycles. The molecule has 0 unspecified atom stereocenters. The van der Waals surface area contributed by atoms with Crippen molar-refractivity contribution >= 4 is 5.78 Å². The third kappa shape index (κ3) is 1.28. The Hall–Kier alpha value is -1.12. The van der Waals surface area contributed by atoms with E-state index in [-0.39, 0.29) is 5.78 Å². The lowest BCUT2D eigenvalue weighted by atomic mass is 9.99. The number of hydrogen-bond donors (Lipinski definition) is 0. The second-order valence-electron chi connectivity index (χ2n) is 3.82. The van der Waals surface area contributed by atoms with E-state index in [1.807, 2.05) is 4.57 Å². The van der Waals surface area contributed by atoms with Crippen molar-refractivity contribution in [3.8, 4) is 0 Å². The first-order valence-corrected chi connectivity index (χ1v) is 4.79. The van der Waals surface area contributed by atoms with Crippen LogP contribution in [0.2, 0.25) is 0 Å². The summed E-state index contributed by atoms with van der Waals surface area (Å²) >= 11 is 0. The smallest absolute Gasteiger partial charge is 0.181 e. The lowest BCUT2D eigenvalue weighted by molar-refractivity contribution is 0.0961. The Kier molecular flexibility index (Phi) is 1.94. The number of rotatable bonds is 1. The van der Waals surface area contributed by atoms with Gasteiger partial charge in [-0.05, 0) is 26.7 Å². The number of aryl methyl sites for hydroxylation is 1. The van der Waals surface area contributed by atoms with E-state index in [0.717, 1.165) is 24.2 Å². The van der Waals surface area contributed by atoms with E-state index in [0.29, 0.717) is 12.5 Å². The maximum Gasteiger partial charge on any atom is 0.181 e. The fourth-order valence-electron chi connectivity index (χ4n) is 1.81. The molecule has 0 aliphatic heterocycles. The predicted molar refractivity (Wildman–Crippen MR) is 49.9 cm³/mol. The van der Waals surface area contributed by atoms with Crippen LogP contribution in [-0.2, 0) is 6.42 Å². The number of ketones is 1. The van der Waals surface area contributed by atoms with Gasteiger partial charge in [0, 0.05) is 12.5 Å². The molecule has 1 aromatic rings. The number of Topliss-reactive ketones (excluding diaryl/α,β-unsaturated/α-hetero) is 1. The molecule has 0 N–H and O–H groups in total. The van der Waals surface area contributed by atoms with Crippen LogP contribution in [0.5, 0.6) is 0 Å². The molecule has 2 rings (SSSR count). The molecule has 0 aromatic carbocycles. The van der Waals surface area contributed by atoms with Gasteiger partial charge < -0.3 is 4.57 Å². The van der Waals surface area contributed by atoms with Gasteiger partial charge in [0.2, 0.25) is 0 Å². The molecule has 0 saturated carbocycles. The zero-order chi connectivity index (χ0) is 9.42. The highest BCUT2D eigenvalue weighted by Crippen LogP contribution is 2.22. The van der Waals surface area contributed by atoms with E-state index < -0.39 is 0 Å². The van der Waals surface area contributed by atoms with E-state index in [1.54, 1.807) is 6.33 Å². The molecule has 70 valence electrons. The van der Waals surface area contributed by atoms with Crippen molar-refractivity contribution in [3.05, 3.63) is 17.7 Å². The van der Waals surface area contributed by atoms with Crippen molar-refractivity contribution in [2.75, 3.05) is 0 Å². The molecule has 1 aromatic heterocycles. The van der Waals surface area contributed by atoms with Crippen LogP contribution in [0.4, 0.5) is 0 Å². The number of carbonyl (C=O) groups is 1. The van der Waals surface area contributed by atoms with E-state index in [1.165, 1.54) is 0 Å². The van der Waals surface area contributed by atoms with Crippen LogP contribution in [-0.4, -0.2) is 15.3 Å². The molecule has 1 aliphatic rings. The van der Waals surface area contributed by atoms with Gasteiger partial charge in [-0.1, -0.05) is 0 Å². The first kappa shape index (κ1) is 8.48. The maximum absolute atomic E-state index is 11.6. The summed E-state index contributed by atoms with van der Waals surface area (Å²) in [6, 6.07) is 0.332. The largest absolute Gasteiger partial charge is 0.325 e. The van der Waals surface area contributed by atoms with E-state index >= 15 is 0 Å². The van der Waals surface area contributed by atoms with E-state index in [4.69, 9.17) is 0 Å². The quantitative estimate of drug-likeness (QED) is 0.659. The summed E-state index contributed by atoms with van der Waals surface area (Å²) in [6.07, 6.45) is 4.39. The van der Waals surface area contributed by atoms with Gasteiger partial charge in [-0.25, -0.2) is 4.98 Å². The number of fused-ring (bicyclic) bond motifs is 1. The summed E-state index contributed by atoms with van der Waals surface area (Å²) in [5, 5.41) is 0. The summed E-state index contributed by atoms with van der Waals surface area (Å²) in [5.74, 6) is 0.257. The Bertz CT molecular complexity index is 339. The molecule has 0 radical (unpaired) electrons. The standard InChI is InChI=1S/C10H14N2O/c1-7(2)12-6-11-8-4-3-5-9(13)10(8)12/h6-7H,3-5H2,1-2H3. The Morgan fingerprint density at radius 2 is 2.23 bits per heavy atom. The summed E-state index contributed by atoms with van der Waals surface area (Å²) in [7, 11) is 0. The molecule has 13 heavy (non-hydrogen) atoms. The molecule has 0 bridgehead atoms. The van der Waals surface area contributed by atoms with Crippen molar-refractivity contribution < 1.29 is 4.79 Å². The van der Waals surface area contributed by atoms with Gasteiger partial charge >= 0.3 is 0 Å². The highest BCUT2D eigenvalue weighted by molar-refractivity contribution is 5.96. The van der Waals surface area contributed by atoms with Crippen molar-refractivity contribution in [2.45, 2.75) is 39.2 Å². The second kappa shape index (κ2) is 2.98. The first-order chi connectivity index (χ1) is 6.20. The molecule has 0 atom stereocenters. The van der Waals surface area contributed by atoms with Crippen molar-refractivity contribution in [3.63, 3.8) is 0 Å². The monoisotopic (exact) mass is 178 g/mol. The topological polar surface area (TPSA) is 34.9 Å². The highest BCUT2D eigenvalue weighted by atomic mass is 16.1. The Morgan fingerprint density at radius 1 is 1.46 bits per heavy atom. The fraction of sp³-hybridized carbons (Fsp3) is 0.600. The number of imidazole rings is 1. The average molecular weight is 178 g/mol. The van der Waals surface area contributed by atoms with Crippen molar-refractivity contribution in [1.82, 2.24) is 9.55 Å². The Balaban J connectivity index is 2.50. The molecule has 0 spiro atoms. The van der Waals surface area contributed by atoms with Gasteiger partial charge in [0.1, 0.15) is 5.69 Å². The number of carbonyl (C=O) groups excluding carboxylic acids is 1. The molecule has 1 aliphatic carbocycles. The minimum atomic E-state index is 0.257. The Morgan fingerprint density at radius 3 is 2.92 bits per heavy atom. The molecule has 0 amide bonds. The molecular formula is C10H14N2O. The molecule has 0 saturated heterocycles. The minimum absolute atomic E-state index is 0.257. The Labute approximate surface area is 77.8 Å². The van der Waals surface area contributed by atoms with Crippen molar-refractivity contribution in [2.24, 2.45) is 0 Å². The van der Waals surface area contributed by atoms with Crippen LogP contribution in [0.15, 0.2) is 6.33 Å². The van der Waals surface area contributed by atoms with Crippen LogP contribution in [0.25, 0.3) is 0 Å². The second-order valence-corrected chi connectivity index (χ2v) is 3.82. The molecule has 3 heteroatoms. The summed E-state index contributed by atoms with van der Waals surface area (Å²) in [5.41, 5.74) is 1.84. The first-order valence-electron chi connectivity index (χ1n) is 4.79. The molecular weight excluding hydrogens is 164 g/mol. The lowest BCUT2D eigenvalue weighted by Gasteiger charge is -2.15. The third-order valence-corrected chi connectivity index (χ3v) is 2.51. The predicted octanol–water partition coefficient (Wildman–Crippen LogP) is 1.98. The number of hydrogen-bond acceptors (Lipinski definition) is 2. The van der Waals surface area contributed by atoms with Crippen LogP contribution in [0.3, 0.4) is 0 Å². The van der Waals surface area contributed by atoms with Gasteiger partial charge in [0.15, 0.2) is 5.78 Å². The lowest BCUT2D eigenvalue weighted by Crippen LogP contribution is -2.16. The SMILES string of the molecule is CC(C)n1cnc2c1C(=O)CCC2. The minimum Gasteiger partial charge on any atom is -0.325 e. The molecule has 3 nitrogen and oxygen atoms in total. The highest BCUT2D eigenvalue weighted by Gasteiger charge is 2.23.